The van der Waals surface area contributed by atoms with Crippen molar-refractivity contribution in [2.45, 2.75) is 38.2 Å². The van der Waals surface area contributed by atoms with E-state index >= 15 is 0 Å². The van der Waals surface area contributed by atoms with Gasteiger partial charge in [-0.15, -0.1) is 0 Å². The Morgan fingerprint density at radius 2 is 2.00 bits per heavy atom. The minimum atomic E-state index is -4.30. The normalized spacial score (nSPS) is 18.5. The lowest BCUT2D eigenvalue weighted by atomic mass is 10.0. The van der Waals surface area contributed by atoms with E-state index in [4.69, 9.17) is 4.74 Å². The molecule has 1 saturated heterocycles. The summed E-state index contributed by atoms with van der Waals surface area (Å²) in [5, 5.41) is 20.2. The Hall–Kier alpha value is -3.64. The molecule has 9 nitrogen and oxygen atoms in total. The number of anilines is 1. The van der Waals surface area contributed by atoms with Crippen LogP contribution in [0.15, 0.2) is 49.1 Å². The van der Waals surface area contributed by atoms with Gasteiger partial charge in [-0.25, -0.2) is 9.97 Å². The molecule has 0 spiro atoms. The van der Waals surface area contributed by atoms with Crippen LogP contribution in [0.1, 0.15) is 13.8 Å². The average Bonchev–Trinajstić information content (AvgIpc) is 3.56. The Morgan fingerprint density at radius 3 is 2.73 bits per heavy atom. The first kappa shape index (κ1) is 25.0. The predicted octanol–water partition coefficient (Wildman–Crippen LogP) is 3.60. The number of pyridine rings is 2. The van der Waals surface area contributed by atoms with E-state index < -0.39 is 23.7 Å². The minimum Gasteiger partial charge on any atom is -0.496 e. The SMILES string of the molecule is COc1cc2ncc(-c3cccc(NC4CNCC4C(F)(F)F)n3)n2cc1-c1cnn(CC(C)(C)O)c1. The Bertz CT molecular complexity index is 1410. The summed E-state index contributed by atoms with van der Waals surface area (Å²) in [5.41, 5.74) is 2.48. The van der Waals surface area contributed by atoms with Gasteiger partial charge in [0, 0.05) is 42.7 Å². The first-order valence-corrected chi connectivity index (χ1v) is 11.8. The predicted molar refractivity (Wildman–Crippen MR) is 132 cm³/mol. The van der Waals surface area contributed by atoms with Gasteiger partial charge >= 0.3 is 6.18 Å². The van der Waals surface area contributed by atoms with Crippen molar-refractivity contribution in [1.82, 2.24) is 29.5 Å². The van der Waals surface area contributed by atoms with Crippen molar-refractivity contribution < 1.29 is 23.0 Å². The lowest BCUT2D eigenvalue weighted by Gasteiger charge is -2.22. The molecule has 1 aliphatic heterocycles. The van der Waals surface area contributed by atoms with Crippen molar-refractivity contribution in [3.8, 4) is 28.3 Å². The van der Waals surface area contributed by atoms with E-state index in [0.717, 1.165) is 11.1 Å². The number of hydrogen-bond acceptors (Lipinski definition) is 7. The summed E-state index contributed by atoms with van der Waals surface area (Å²) in [6.07, 6.45) is 2.76. The highest BCUT2D eigenvalue weighted by atomic mass is 19.4. The van der Waals surface area contributed by atoms with Gasteiger partial charge in [0.2, 0.25) is 0 Å². The van der Waals surface area contributed by atoms with Crippen LogP contribution in [0.4, 0.5) is 19.0 Å². The maximum Gasteiger partial charge on any atom is 0.395 e. The largest absolute Gasteiger partial charge is 0.496 e. The van der Waals surface area contributed by atoms with Crippen LogP contribution < -0.4 is 15.4 Å². The summed E-state index contributed by atoms with van der Waals surface area (Å²) in [7, 11) is 1.57. The van der Waals surface area contributed by atoms with Crippen LogP contribution in [0.25, 0.3) is 28.2 Å². The molecule has 1 aliphatic rings. The van der Waals surface area contributed by atoms with Gasteiger partial charge < -0.3 is 20.5 Å². The molecule has 2 unspecified atom stereocenters. The van der Waals surface area contributed by atoms with Crippen molar-refractivity contribution >= 4 is 11.5 Å². The van der Waals surface area contributed by atoms with Crippen molar-refractivity contribution in [2.75, 3.05) is 25.5 Å². The molecule has 1 fully saturated rings. The number of halogens is 3. The zero-order chi connectivity index (χ0) is 26.4. The number of fused-ring (bicyclic) bond motifs is 1. The Kier molecular flexibility index (Phi) is 6.32. The zero-order valence-electron chi connectivity index (χ0n) is 20.6. The van der Waals surface area contributed by atoms with Gasteiger partial charge in [-0.1, -0.05) is 6.07 Å². The van der Waals surface area contributed by atoms with Crippen molar-refractivity contribution in [1.29, 1.82) is 0 Å². The Balaban J connectivity index is 1.48. The first-order chi connectivity index (χ1) is 17.5. The van der Waals surface area contributed by atoms with E-state index in [0.29, 0.717) is 35.1 Å². The Morgan fingerprint density at radius 1 is 1.19 bits per heavy atom. The highest BCUT2D eigenvalue weighted by Gasteiger charge is 2.47. The summed E-state index contributed by atoms with van der Waals surface area (Å²) in [6, 6.07) is 6.19. The topological polar surface area (TPSA) is 102 Å². The average molecular weight is 516 g/mol. The van der Waals surface area contributed by atoms with E-state index in [1.807, 2.05) is 16.8 Å². The van der Waals surface area contributed by atoms with Gasteiger partial charge in [0.1, 0.15) is 17.2 Å². The maximum atomic E-state index is 13.4. The summed E-state index contributed by atoms with van der Waals surface area (Å²) in [6.45, 7) is 3.83. The van der Waals surface area contributed by atoms with Crippen LogP contribution in [0.3, 0.4) is 0 Å². The fourth-order valence-electron chi connectivity index (χ4n) is 4.59. The van der Waals surface area contributed by atoms with Gasteiger partial charge in [-0.2, -0.15) is 18.3 Å². The van der Waals surface area contributed by atoms with Crippen LogP contribution >= 0.6 is 0 Å². The molecule has 0 aromatic carbocycles. The molecule has 0 aliphatic carbocycles. The number of alkyl halides is 3. The first-order valence-electron chi connectivity index (χ1n) is 11.8. The van der Waals surface area contributed by atoms with E-state index in [2.05, 4.69) is 25.7 Å². The number of aliphatic hydroxyl groups is 1. The van der Waals surface area contributed by atoms with E-state index in [-0.39, 0.29) is 13.1 Å². The van der Waals surface area contributed by atoms with Gasteiger partial charge in [0.05, 0.1) is 55.0 Å². The van der Waals surface area contributed by atoms with E-state index in [1.54, 1.807) is 62.3 Å². The quantitative estimate of drug-likeness (QED) is 0.346. The second kappa shape index (κ2) is 9.34. The van der Waals surface area contributed by atoms with Crippen molar-refractivity contribution in [3.63, 3.8) is 0 Å². The van der Waals surface area contributed by atoms with Crippen LogP contribution in [0.2, 0.25) is 0 Å². The lowest BCUT2D eigenvalue weighted by Crippen LogP contribution is -2.38. The zero-order valence-corrected chi connectivity index (χ0v) is 20.6. The molecule has 0 bridgehead atoms. The number of aromatic nitrogens is 5. The van der Waals surface area contributed by atoms with Crippen LogP contribution in [-0.4, -0.2) is 67.3 Å². The number of methoxy groups -OCH3 is 1. The number of imidazole rings is 1. The molecule has 12 heteroatoms. The highest BCUT2D eigenvalue weighted by molar-refractivity contribution is 5.73. The third kappa shape index (κ3) is 5.25. The van der Waals surface area contributed by atoms with Crippen molar-refractivity contribution in [2.24, 2.45) is 5.92 Å². The van der Waals surface area contributed by atoms with Gasteiger partial charge in [0.25, 0.3) is 0 Å². The molecule has 0 saturated carbocycles. The number of nitrogens with one attached hydrogen (secondary N) is 2. The Labute approximate surface area is 211 Å². The number of ether oxygens (including phenoxy) is 1. The molecular formula is C25H28F3N7O2. The van der Waals surface area contributed by atoms with Crippen LogP contribution in [0.5, 0.6) is 5.75 Å². The molecule has 4 aromatic heterocycles. The van der Waals surface area contributed by atoms with E-state index in [1.165, 1.54) is 0 Å². The molecule has 3 N–H and O–H groups in total. The summed E-state index contributed by atoms with van der Waals surface area (Å²) in [5.74, 6) is -0.527. The molecule has 196 valence electrons. The third-order valence-corrected chi connectivity index (χ3v) is 6.30. The molecule has 2 atom stereocenters. The molecule has 4 aromatic rings. The smallest absolute Gasteiger partial charge is 0.395 e. The molecule has 0 amide bonds. The summed E-state index contributed by atoms with van der Waals surface area (Å²) in [4.78, 5) is 9.07. The number of rotatable bonds is 7. The van der Waals surface area contributed by atoms with Gasteiger partial charge in [-0.05, 0) is 26.0 Å². The standard InChI is InChI=1S/C25H28F3N7O2/c1-24(2,36)14-34-12-15(8-31-34)16-13-35-20(11-30-23(35)7-21(16)37-3)18-5-4-6-22(32-18)33-19-10-29-9-17(19)25(26,27)28/h4-8,11-13,17,19,29,36H,9-10,14H2,1-3H3,(H,32,33). The third-order valence-electron chi connectivity index (χ3n) is 6.30. The molecule has 37 heavy (non-hydrogen) atoms. The van der Waals surface area contributed by atoms with Crippen LogP contribution in [0, 0.1) is 5.92 Å². The fraction of sp³-hybridized carbons (Fsp3) is 0.400. The minimum absolute atomic E-state index is 0.120. The molecular weight excluding hydrogens is 487 g/mol. The number of hydrogen-bond donors (Lipinski definition) is 3. The highest BCUT2D eigenvalue weighted by Crippen LogP contribution is 2.34. The maximum absolute atomic E-state index is 13.4. The fourth-order valence-corrected chi connectivity index (χ4v) is 4.59. The monoisotopic (exact) mass is 515 g/mol. The van der Waals surface area contributed by atoms with Gasteiger partial charge in [0.15, 0.2) is 0 Å². The molecule has 5 heterocycles. The summed E-state index contributed by atoms with van der Waals surface area (Å²) >= 11 is 0. The molecule has 5 rings (SSSR count). The summed E-state index contributed by atoms with van der Waals surface area (Å²) < 4.78 is 49.2. The van der Waals surface area contributed by atoms with E-state index in [9.17, 15) is 18.3 Å². The van der Waals surface area contributed by atoms with Crippen molar-refractivity contribution in [3.05, 3.63) is 49.1 Å². The van der Waals surface area contributed by atoms with Crippen LogP contribution in [-0.2, 0) is 6.54 Å². The number of nitrogens with zero attached hydrogens (tertiary/aromatic N) is 5. The second-order valence-corrected chi connectivity index (χ2v) is 9.83. The lowest BCUT2D eigenvalue weighted by molar-refractivity contribution is -0.170. The second-order valence-electron chi connectivity index (χ2n) is 9.83. The van der Waals surface area contributed by atoms with Gasteiger partial charge in [-0.3, -0.25) is 9.08 Å². The molecule has 0 radical (unpaired) electrons.